The molecule has 0 aliphatic carbocycles. The van der Waals surface area contributed by atoms with Gasteiger partial charge in [-0.2, -0.15) is 0 Å². The fraction of sp³-hybridized carbons (Fsp3) is 0.0870. The predicted molar refractivity (Wildman–Crippen MR) is 106 cm³/mol. The lowest BCUT2D eigenvalue weighted by Crippen LogP contribution is -2.10. The van der Waals surface area contributed by atoms with E-state index in [2.05, 4.69) is 17.4 Å². The highest BCUT2D eigenvalue weighted by Crippen LogP contribution is 2.32. The van der Waals surface area contributed by atoms with Crippen LogP contribution in [0.4, 0.5) is 5.69 Å². The van der Waals surface area contributed by atoms with Crippen molar-refractivity contribution in [2.45, 2.75) is 6.42 Å². The van der Waals surface area contributed by atoms with E-state index in [0.717, 1.165) is 29.0 Å². The van der Waals surface area contributed by atoms with Gasteiger partial charge >= 0.3 is 0 Å². The van der Waals surface area contributed by atoms with Crippen LogP contribution < -0.4 is 14.8 Å². The number of para-hydroxylation sites is 1. The first-order chi connectivity index (χ1) is 13.3. The Morgan fingerprint density at radius 3 is 2.59 bits per heavy atom. The van der Waals surface area contributed by atoms with Gasteiger partial charge in [-0.25, -0.2) is 0 Å². The largest absolute Gasteiger partial charge is 0.454 e. The number of rotatable bonds is 5. The zero-order valence-electron chi connectivity index (χ0n) is 14.7. The van der Waals surface area contributed by atoms with Gasteiger partial charge in [0.15, 0.2) is 11.5 Å². The SMILES string of the molecule is O=C(C=Cc1ccc2c(c1)OCO2)Nc1ccccc1Cc1ccccc1. The molecule has 4 heteroatoms. The zero-order chi connectivity index (χ0) is 18.5. The Morgan fingerprint density at radius 2 is 1.70 bits per heavy atom. The summed E-state index contributed by atoms with van der Waals surface area (Å²) in [6.45, 7) is 0.237. The van der Waals surface area contributed by atoms with E-state index in [4.69, 9.17) is 9.47 Å². The predicted octanol–water partition coefficient (Wildman–Crippen LogP) is 4.66. The Balaban J connectivity index is 1.45. The third-order valence-electron chi connectivity index (χ3n) is 4.34. The van der Waals surface area contributed by atoms with Crippen molar-refractivity contribution in [2.24, 2.45) is 0 Å². The summed E-state index contributed by atoms with van der Waals surface area (Å²) in [6, 6.07) is 23.6. The molecule has 0 bridgehead atoms. The first-order valence-electron chi connectivity index (χ1n) is 8.78. The van der Waals surface area contributed by atoms with E-state index in [0.29, 0.717) is 5.75 Å². The number of amides is 1. The second kappa shape index (κ2) is 7.79. The number of carbonyl (C=O) groups is 1. The number of fused-ring (bicyclic) bond motifs is 1. The van der Waals surface area contributed by atoms with Crippen molar-refractivity contribution in [1.29, 1.82) is 0 Å². The van der Waals surface area contributed by atoms with Crippen LogP contribution in [0.25, 0.3) is 6.08 Å². The topological polar surface area (TPSA) is 47.6 Å². The minimum Gasteiger partial charge on any atom is -0.454 e. The Bertz CT molecular complexity index is 980. The van der Waals surface area contributed by atoms with Crippen molar-refractivity contribution in [3.8, 4) is 11.5 Å². The summed E-state index contributed by atoms with van der Waals surface area (Å²) in [5.74, 6) is 1.25. The molecule has 1 amide bonds. The molecule has 0 saturated heterocycles. The van der Waals surface area contributed by atoms with Gasteiger partial charge in [-0.1, -0.05) is 54.6 Å². The van der Waals surface area contributed by atoms with Crippen molar-refractivity contribution >= 4 is 17.7 Å². The number of hydrogen-bond donors (Lipinski definition) is 1. The highest BCUT2D eigenvalue weighted by atomic mass is 16.7. The summed E-state index contributed by atoms with van der Waals surface area (Å²) in [5, 5.41) is 2.97. The Morgan fingerprint density at radius 1 is 0.926 bits per heavy atom. The quantitative estimate of drug-likeness (QED) is 0.676. The molecule has 27 heavy (non-hydrogen) atoms. The van der Waals surface area contributed by atoms with Crippen LogP contribution in [0.5, 0.6) is 11.5 Å². The summed E-state index contributed by atoms with van der Waals surface area (Å²) >= 11 is 0. The molecular weight excluding hydrogens is 338 g/mol. The van der Waals surface area contributed by atoms with E-state index in [-0.39, 0.29) is 12.7 Å². The van der Waals surface area contributed by atoms with Gasteiger partial charge in [-0.05, 0) is 47.4 Å². The highest BCUT2D eigenvalue weighted by Gasteiger charge is 2.12. The molecular formula is C23H19NO3. The van der Waals surface area contributed by atoms with E-state index in [1.807, 2.05) is 60.7 Å². The summed E-state index contributed by atoms with van der Waals surface area (Å²) in [6.07, 6.45) is 4.05. The van der Waals surface area contributed by atoms with E-state index in [1.165, 1.54) is 11.6 Å². The molecule has 1 heterocycles. The zero-order valence-corrected chi connectivity index (χ0v) is 14.7. The molecule has 0 aromatic heterocycles. The van der Waals surface area contributed by atoms with Crippen LogP contribution in [0.1, 0.15) is 16.7 Å². The van der Waals surface area contributed by atoms with Gasteiger partial charge in [0.05, 0.1) is 0 Å². The van der Waals surface area contributed by atoms with Crippen LogP contribution in [-0.2, 0) is 11.2 Å². The number of anilines is 1. The van der Waals surface area contributed by atoms with Crippen LogP contribution in [0.2, 0.25) is 0 Å². The summed E-state index contributed by atoms with van der Waals surface area (Å²) in [7, 11) is 0. The molecule has 3 aromatic carbocycles. The first-order valence-corrected chi connectivity index (χ1v) is 8.78. The molecule has 0 fully saturated rings. The number of benzene rings is 3. The maximum Gasteiger partial charge on any atom is 0.248 e. The van der Waals surface area contributed by atoms with Crippen molar-refractivity contribution < 1.29 is 14.3 Å². The lowest BCUT2D eigenvalue weighted by Gasteiger charge is -2.10. The number of hydrogen-bond acceptors (Lipinski definition) is 3. The Kier molecular flexibility index (Phi) is 4.88. The molecule has 4 rings (SSSR count). The number of nitrogens with one attached hydrogen (secondary N) is 1. The van der Waals surface area contributed by atoms with Crippen molar-refractivity contribution in [3.63, 3.8) is 0 Å². The molecule has 4 nitrogen and oxygen atoms in total. The average molecular weight is 357 g/mol. The van der Waals surface area contributed by atoms with Crippen LogP contribution in [0, 0.1) is 0 Å². The van der Waals surface area contributed by atoms with E-state index >= 15 is 0 Å². The highest BCUT2D eigenvalue weighted by molar-refractivity contribution is 6.02. The maximum absolute atomic E-state index is 12.4. The van der Waals surface area contributed by atoms with Crippen LogP contribution in [0.15, 0.2) is 78.9 Å². The van der Waals surface area contributed by atoms with Gasteiger partial charge in [0.1, 0.15) is 0 Å². The first kappa shape index (κ1) is 16.9. The van der Waals surface area contributed by atoms with E-state index in [9.17, 15) is 4.79 Å². The van der Waals surface area contributed by atoms with Gasteiger partial charge in [-0.3, -0.25) is 4.79 Å². The van der Waals surface area contributed by atoms with Crippen LogP contribution in [0.3, 0.4) is 0 Å². The van der Waals surface area contributed by atoms with Gasteiger partial charge in [-0.15, -0.1) is 0 Å². The van der Waals surface area contributed by atoms with Crippen LogP contribution >= 0.6 is 0 Å². The fourth-order valence-corrected chi connectivity index (χ4v) is 2.98. The number of carbonyl (C=O) groups excluding carboxylic acids is 1. The molecule has 1 N–H and O–H groups in total. The Labute approximate surface area is 158 Å². The normalized spacial score (nSPS) is 12.3. The molecule has 0 atom stereocenters. The lowest BCUT2D eigenvalue weighted by molar-refractivity contribution is -0.111. The molecule has 1 aliphatic heterocycles. The molecule has 1 aliphatic rings. The summed E-state index contributed by atoms with van der Waals surface area (Å²) in [5.41, 5.74) is 3.98. The molecule has 0 radical (unpaired) electrons. The van der Waals surface area contributed by atoms with E-state index in [1.54, 1.807) is 6.08 Å². The average Bonchev–Trinajstić information content (AvgIpc) is 3.17. The van der Waals surface area contributed by atoms with Gasteiger partial charge in [0.2, 0.25) is 12.7 Å². The molecule has 3 aromatic rings. The number of ether oxygens (including phenoxy) is 2. The molecule has 134 valence electrons. The fourth-order valence-electron chi connectivity index (χ4n) is 2.98. The minimum atomic E-state index is -0.173. The van der Waals surface area contributed by atoms with Gasteiger partial charge in [0, 0.05) is 11.8 Å². The smallest absolute Gasteiger partial charge is 0.248 e. The van der Waals surface area contributed by atoms with Gasteiger partial charge < -0.3 is 14.8 Å². The standard InChI is InChI=1S/C23H19NO3/c25-23(13-11-18-10-12-21-22(15-18)27-16-26-21)24-20-9-5-4-8-19(20)14-17-6-2-1-3-7-17/h1-13,15H,14,16H2,(H,24,25). The van der Waals surface area contributed by atoms with E-state index < -0.39 is 0 Å². The summed E-state index contributed by atoms with van der Waals surface area (Å²) < 4.78 is 10.7. The molecule has 0 saturated carbocycles. The lowest BCUT2D eigenvalue weighted by atomic mass is 10.0. The minimum absolute atomic E-state index is 0.173. The Hall–Kier alpha value is -3.53. The van der Waals surface area contributed by atoms with Gasteiger partial charge in [0.25, 0.3) is 0 Å². The second-order valence-corrected chi connectivity index (χ2v) is 6.25. The maximum atomic E-state index is 12.4. The summed E-state index contributed by atoms with van der Waals surface area (Å²) in [4.78, 5) is 12.4. The third kappa shape index (κ3) is 4.18. The molecule has 0 unspecified atom stereocenters. The van der Waals surface area contributed by atoms with Crippen molar-refractivity contribution in [2.75, 3.05) is 12.1 Å². The second-order valence-electron chi connectivity index (χ2n) is 6.25. The third-order valence-corrected chi connectivity index (χ3v) is 4.34. The monoisotopic (exact) mass is 357 g/mol. The van der Waals surface area contributed by atoms with Crippen molar-refractivity contribution in [3.05, 3.63) is 95.6 Å². The van der Waals surface area contributed by atoms with Crippen molar-refractivity contribution in [1.82, 2.24) is 0 Å². The van der Waals surface area contributed by atoms with Crippen LogP contribution in [-0.4, -0.2) is 12.7 Å². The molecule has 0 spiro atoms.